The lowest BCUT2D eigenvalue weighted by molar-refractivity contribution is 0.177. The van der Waals surface area contributed by atoms with Crippen LogP contribution in [0.2, 0.25) is 0 Å². The minimum atomic E-state index is 0.807. The van der Waals surface area contributed by atoms with Crippen molar-refractivity contribution >= 4 is 16.6 Å². The van der Waals surface area contributed by atoms with Gasteiger partial charge in [0, 0.05) is 30.4 Å². The Morgan fingerprint density at radius 1 is 1.37 bits per heavy atom. The van der Waals surface area contributed by atoms with Crippen molar-refractivity contribution in [1.82, 2.24) is 9.88 Å². The molecule has 100 valence electrons. The fourth-order valence-electron chi connectivity index (χ4n) is 3.05. The van der Waals surface area contributed by atoms with E-state index in [9.17, 15) is 0 Å². The Kier molecular flexibility index (Phi) is 3.38. The molecule has 0 aliphatic carbocycles. The summed E-state index contributed by atoms with van der Waals surface area (Å²) in [5.41, 5.74) is 9.19. The Bertz CT molecular complexity index is 579. The third-order valence-electron chi connectivity index (χ3n) is 4.02. The molecule has 1 saturated heterocycles. The van der Waals surface area contributed by atoms with E-state index in [1.54, 1.807) is 0 Å². The van der Waals surface area contributed by atoms with Crippen LogP contribution in [0, 0.1) is 5.92 Å². The average Bonchev–Trinajstić information content (AvgIpc) is 2.42. The lowest BCUT2D eigenvalue weighted by Crippen LogP contribution is -2.33. The van der Waals surface area contributed by atoms with Gasteiger partial charge in [-0.3, -0.25) is 9.88 Å². The molecule has 1 aliphatic heterocycles. The van der Waals surface area contributed by atoms with Crippen LogP contribution in [0.5, 0.6) is 0 Å². The van der Waals surface area contributed by atoms with Gasteiger partial charge in [0.25, 0.3) is 0 Å². The maximum Gasteiger partial charge on any atom is 0.0767 e. The summed E-state index contributed by atoms with van der Waals surface area (Å²) < 4.78 is 0. The second-order valence-corrected chi connectivity index (χ2v) is 5.70. The van der Waals surface area contributed by atoms with Gasteiger partial charge in [-0.15, -0.1) is 0 Å². The van der Waals surface area contributed by atoms with Crippen LogP contribution in [0.1, 0.15) is 25.3 Å². The zero-order chi connectivity index (χ0) is 13.2. The number of hydrogen-bond donors (Lipinski definition) is 1. The van der Waals surface area contributed by atoms with E-state index in [2.05, 4.69) is 28.9 Å². The zero-order valence-electron chi connectivity index (χ0n) is 11.5. The van der Waals surface area contributed by atoms with Crippen molar-refractivity contribution in [1.29, 1.82) is 0 Å². The van der Waals surface area contributed by atoms with E-state index in [0.717, 1.165) is 29.1 Å². The SMILES string of the molecule is CC1CCCN(Cc2ccc(N)c3cccnc23)C1. The number of benzene rings is 1. The number of hydrogen-bond acceptors (Lipinski definition) is 3. The molecule has 19 heavy (non-hydrogen) atoms. The van der Waals surface area contributed by atoms with Crippen LogP contribution in [-0.2, 0) is 6.54 Å². The molecular formula is C16H21N3. The fourth-order valence-corrected chi connectivity index (χ4v) is 3.05. The molecule has 1 aromatic heterocycles. The number of piperidine rings is 1. The van der Waals surface area contributed by atoms with Gasteiger partial charge in [0.05, 0.1) is 5.52 Å². The quantitative estimate of drug-likeness (QED) is 0.839. The van der Waals surface area contributed by atoms with E-state index >= 15 is 0 Å². The van der Waals surface area contributed by atoms with E-state index < -0.39 is 0 Å². The second kappa shape index (κ2) is 5.17. The largest absolute Gasteiger partial charge is 0.398 e. The predicted molar refractivity (Wildman–Crippen MR) is 79.8 cm³/mol. The highest BCUT2D eigenvalue weighted by atomic mass is 15.1. The smallest absolute Gasteiger partial charge is 0.0767 e. The zero-order valence-corrected chi connectivity index (χ0v) is 11.5. The van der Waals surface area contributed by atoms with Gasteiger partial charge < -0.3 is 5.73 Å². The summed E-state index contributed by atoms with van der Waals surface area (Å²) in [6, 6.07) is 8.14. The van der Waals surface area contributed by atoms with Crippen LogP contribution in [-0.4, -0.2) is 23.0 Å². The summed E-state index contributed by atoms with van der Waals surface area (Å²) >= 11 is 0. The van der Waals surface area contributed by atoms with Gasteiger partial charge >= 0.3 is 0 Å². The molecule has 0 amide bonds. The van der Waals surface area contributed by atoms with Gasteiger partial charge in [-0.25, -0.2) is 0 Å². The van der Waals surface area contributed by atoms with Crippen LogP contribution in [0.4, 0.5) is 5.69 Å². The normalized spacial score (nSPS) is 20.8. The molecule has 1 unspecified atom stereocenters. The van der Waals surface area contributed by atoms with Gasteiger partial charge in [-0.1, -0.05) is 13.0 Å². The summed E-state index contributed by atoms with van der Waals surface area (Å²) in [6.45, 7) is 5.71. The first-order valence-corrected chi connectivity index (χ1v) is 7.08. The monoisotopic (exact) mass is 255 g/mol. The molecular weight excluding hydrogens is 234 g/mol. The third-order valence-corrected chi connectivity index (χ3v) is 4.02. The number of nitrogens with two attached hydrogens (primary N) is 1. The van der Waals surface area contributed by atoms with Crippen molar-refractivity contribution in [2.75, 3.05) is 18.8 Å². The van der Waals surface area contributed by atoms with E-state index in [4.69, 9.17) is 5.73 Å². The van der Waals surface area contributed by atoms with Crippen LogP contribution in [0.25, 0.3) is 10.9 Å². The number of likely N-dealkylation sites (tertiary alicyclic amines) is 1. The van der Waals surface area contributed by atoms with Crippen LogP contribution in [0.15, 0.2) is 30.5 Å². The number of pyridine rings is 1. The lowest BCUT2D eigenvalue weighted by Gasteiger charge is -2.31. The molecule has 2 N–H and O–H groups in total. The molecule has 3 heteroatoms. The fraction of sp³-hybridized carbons (Fsp3) is 0.438. The molecule has 1 fully saturated rings. The minimum absolute atomic E-state index is 0.807. The van der Waals surface area contributed by atoms with Crippen LogP contribution in [0.3, 0.4) is 0 Å². The number of nitrogen functional groups attached to an aromatic ring is 1. The molecule has 1 aromatic carbocycles. The first-order valence-electron chi connectivity index (χ1n) is 7.08. The van der Waals surface area contributed by atoms with Gasteiger partial charge in [0.1, 0.15) is 0 Å². The molecule has 0 spiro atoms. The highest BCUT2D eigenvalue weighted by Crippen LogP contribution is 2.25. The summed E-state index contributed by atoms with van der Waals surface area (Å²) in [5.74, 6) is 0.807. The Balaban J connectivity index is 1.90. The number of nitrogens with zero attached hydrogens (tertiary/aromatic N) is 2. The summed E-state index contributed by atoms with van der Waals surface area (Å²) in [4.78, 5) is 7.06. The van der Waals surface area contributed by atoms with Crippen LogP contribution < -0.4 is 5.73 Å². The lowest BCUT2D eigenvalue weighted by atomic mass is 9.99. The van der Waals surface area contributed by atoms with Crippen molar-refractivity contribution in [3.8, 4) is 0 Å². The average molecular weight is 255 g/mol. The Hall–Kier alpha value is -1.61. The molecule has 2 aromatic rings. The maximum absolute atomic E-state index is 6.03. The van der Waals surface area contributed by atoms with E-state index in [-0.39, 0.29) is 0 Å². The molecule has 3 nitrogen and oxygen atoms in total. The van der Waals surface area contributed by atoms with Crippen LogP contribution >= 0.6 is 0 Å². The van der Waals surface area contributed by atoms with Gasteiger partial charge in [-0.2, -0.15) is 0 Å². The molecule has 3 rings (SSSR count). The summed E-state index contributed by atoms with van der Waals surface area (Å²) in [6.07, 6.45) is 4.52. The molecule has 0 bridgehead atoms. The number of rotatable bonds is 2. The maximum atomic E-state index is 6.03. The van der Waals surface area contributed by atoms with E-state index in [1.807, 2.05) is 18.3 Å². The first-order chi connectivity index (χ1) is 9.24. The van der Waals surface area contributed by atoms with E-state index in [1.165, 1.54) is 31.5 Å². The first kappa shape index (κ1) is 12.4. The number of fused-ring (bicyclic) bond motifs is 1. The van der Waals surface area contributed by atoms with Crippen molar-refractivity contribution in [3.05, 3.63) is 36.0 Å². The molecule has 1 aliphatic rings. The molecule has 0 saturated carbocycles. The van der Waals surface area contributed by atoms with Crippen molar-refractivity contribution in [2.24, 2.45) is 5.92 Å². The van der Waals surface area contributed by atoms with Crippen molar-refractivity contribution in [2.45, 2.75) is 26.3 Å². The third kappa shape index (κ3) is 2.56. The highest BCUT2D eigenvalue weighted by Gasteiger charge is 2.17. The van der Waals surface area contributed by atoms with Crippen molar-refractivity contribution in [3.63, 3.8) is 0 Å². The summed E-state index contributed by atoms with van der Waals surface area (Å²) in [5, 5.41) is 1.07. The van der Waals surface area contributed by atoms with Gasteiger partial charge in [0.15, 0.2) is 0 Å². The van der Waals surface area contributed by atoms with Crippen molar-refractivity contribution < 1.29 is 0 Å². The van der Waals surface area contributed by atoms with Gasteiger partial charge in [-0.05, 0) is 49.1 Å². The number of anilines is 1. The minimum Gasteiger partial charge on any atom is -0.398 e. The molecule has 1 atom stereocenters. The van der Waals surface area contributed by atoms with E-state index in [0.29, 0.717) is 0 Å². The second-order valence-electron chi connectivity index (χ2n) is 5.70. The predicted octanol–water partition coefficient (Wildman–Crippen LogP) is 3.05. The Morgan fingerprint density at radius 2 is 2.26 bits per heavy atom. The highest BCUT2D eigenvalue weighted by molar-refractivity contribution is 5.92. The number of aromatic nitrogens is 1. The Morgan fingerprint density at radius 3 is 3.11 bits per heavy atom. The Labute approximate surface area is 114 Å². The topological polar surface area (TPSA) is 42.1 Å². The molecule has 2 heterocycles. The standard InChI is InChI=1S/C16H21N3/c1-12-4-3-9-19(10-12)11-13-6-7-15(17)14-5-2-8-18-16(13)14/h2,5-8,12H,3-4,9-11,17H2,1H3. The summed E-state index contributed by atoms with van der Waals surface area (Å²) in [7, 11) is 0. The van der Waals surface area contributed by atoms with Gasteiger partial charge in [0.2, 0.25) is 0 Å². The molecule has 0 radical (unpaired) electrons.